The quantitative estimate of drug-likeness (QED) is 0.454. The van der Waals surface area contributed by atoms with Crippen molar-refractivity contribution in [3.05, 3.63) is 0 Å². The first-order chi connectivity index (χ1) is 2.56. The predicted molar refractivity (Wildman–Crippen MR) is 30.5 cm³/mol. The molecule has 3 nitrogen and oxygen atoms in total. The zero-order valence-corrected chi connectivity index (χ0v) is 6.53. The average Bonchev–Trinajstić information content (AvgIpc) is 1.35. The topological polar surface area (TPSA) is 69.2 Å². The summed E-state index contributed by atoms with van der Waals surface area (Å²) >= 11 is 2.22. The van der Waals surface area contributed by atoms with Crippen LogP contribution in [-0.4, -0.2) is 33.2 Å². The van der Waals surface area contributed by atoms with Gasteiger partial charge in [-0.25, -0.2) is 0 Å². The van der Waals surface area contributed by atoms with E-state index in [0.29, 0.717) is 0 Å². The minimum atomic E-state index is 0. The molecule has 0 atom stereocenters. The third-order valence-electron chi connectivity index (χ3n) is 0.354. The van der Waals surface area contributed by atoms with Crippen LogP contribution in [0.4, 0.5) is 0 Å². The van der Waals surface area contributed by atoms with Gasteiger partial charge >= 0.3 is 46.8 Å². The van der Waals surface area contributed by atoms with E-state index in [4.69, 9.17) is 3.79 Å². The van der Waals surface area contributed by atoms with Gasteiger partial charge < -0.3 is 11.0 Å². The summed E-state index contributed by atoms with van der Waals surface area (Å²) in [5.74, 6) is 0. The number of rotatable bonds is 0. The summed E-state index contributed by atoms with van der Waals surface area (Å²) < 4.78 is 4.85. The van der Waals surface area contributed by atoms with Crippen molar-refractivity contribution in [3.63, 3.8) is 0 Å². The molecule has 0 saturated heterocycles. The van der Waals surface area contributed by atoms with E-state index in [-0.39, 0.29) is 16.6 Å². The monoisotopic (exact) mass is 134 g/mol. The Kier molecular flexibility index (Phi) is 10.9. The molecule has 0 spiro atoms. The molecule has 8 heavy (non-hydrogen) atoms. The van der Waals surface area contributed by atoms with Gasteiger partial charge in [-0.05, 0) is 0 Å². The van der Waals surface area contributed by atoms with Crippen LogP contribution in [0.25, 0.3) is 0 Å². The van der Waals surface area contributed by atoms with E-state index in [0.717, 1.165) is 0 Å². The van der Waals surface area contributed by atoms with Crippen LogP contribution in [0.3, 0.4) is 0 Å². The van der Waals surface area contributed by atoms with Crippen molar-refractivity contribution in [2.24, 2.45) is 0 Å². The number of hydrogen-bond acceptors (Lipinski definition) is 3. The van der Waals surface area contributed by atoms with Gasteiger partial charge in [0.15, 0.2) is 0 Å². The Morgan fingerprint density at radius 3 is 1.25 bits per heavy atom. The molecule has 0 amide bonds. The molecular formula is C4H11AlO3. The first-order valence-corrected chi connectivity index (χ1v) is 2.41. The molecule has 0 fully saturated rings. The smallest absolute Gasteiger partial charge is 0.870 e. The molecule has 0 saturated carbocycles. The minimum Gasteiger partial charge on any atom is -0.870 e. The summed E-state index contributed by atoms with van der Waals surface area (Å²) in [5.41, 5.74) is 0.00463. The molecule has 0 aromatic carbocycles. The third kappa shape index (κ3) is 16.1. The van der Waals surface area contributed by atoms with Crippen LogP contribution in [0.15, 0.2) is 0 Å². The fourth-order valence-corrected chi connectivity index (χ4v) is 0. The van der Waals surface area contributed by atoms with Crippen molar-refractivity contribution < 1.29 is 14.7 Å². The van der Waals surface area contributed by atoms with E-state index in [1.165, 1.54) is 0 Å². The second kappa shape index (κ2) is 5.55. The van der Waals surface area contributed by atoms with Gasteiger partial charge in [0, 0.05) is 0 Å². The first kappa shape index (κ1) is 15.8. The first-order valence-electron chi connectivity index (χ1n) is 1.94. The van der Waals surface area contributed by atoms with E-state index >= 15 is 0 Å². The van der Waals surface area contributed by atoms with Crippen molar-refractivity contribution in [1.82, 2.24) is 0 Å². The summed E-state index contributed by atoms with van der Waals surface area (Å²) in [6.45, 7) is 6.00. The second-order valence-corrected chi connectivity index (χ2v) is 2.47. The zero-order chi connectivity index (χ0) is 5.21. The van der Waals surface area contributed by atoms with Gasteiger partial charge in [-0.15, -0.1) is 0 Å². The van der Waals surface area contributed by atoms with Crippen molar-refractivity contribution in [2.45, 2.75) is 26.4 Å². The maximum atomic E-state index is 4.85. The summed E-state index contributed by atoms with van der Waals surface area (Å²) in [6.07, 6.45) is 0. The van der Waals surface area contributed by atoms with Gasteiger partial charge in [0.2, 0.25) is 0 Å². The van der Waals surface area contributed by atoms with E-state index in [9.17, 15) is 0 Å². The molecule has 0 radical (unpaired) electrons. The summed E-state index contributed by atoms with van der Waals surface area (Å²) in [4.78, 5) is 0. The van der Waals surface area contributed by atoms with Crippen LogP contribution < -0.4 is 0 Å². The van der Waals surface area contributed by atoms with Crippen LogP contribution in [0, 0.1) is 0 Å². The van der Waals surface area contributed by atoms with Crippen LogP contribution in [0.1, 0.15) is 20.8 Å². The van der Waals surface area contributed by atoms with E-state index in [1.54, 1.807) is 0 Å². The van der Waals surface area contributed by atoms with Crippen molar-refractivity contribution in [1.29, 1.82) is 0 Å². The Hall–Kier alpha value is 0.412. The molecular weight excluding hydrogens is 123 g/mol. The SMILES string of the molecule is CC(C)(C)[O][Al+2].[OH-].[OH-]. The maximum Gasteiger partial charge on any atom is -0.870 e. The minimum absolute atomic E-state index is 0. The van der Waals surface area contributed by atoms with Crippen LogP contribution in [0.5, 0.6) is 0 Å². The van der Waals surface area contributed by atoms with E-state index in [2.05, 4.69) is 16.6 Å². The van der Waals surface area contributed by atoms with Crippen LogP contribution in [-0.2, 0) is 3.79 Å². The third-order valence-corrected chi connectivity index (χ3v) is 1.06. The molecule has 0 aromatic rings. The molecule has 0 rings (SSSR count). The predicted octanol–water partition coefficient (Wildman–Crippen LogP) is 0.531. The Labute approximate surface area is 58.4 Å². The Bertz CT molecular complexity index is 41.0. The van der Waals surface area contributed by atoms with E-state index < -0.39 is 0 Å². The number of hydrogen-bond donors (Lipinski definition) is 0. The molecule has 0 aliphatic rings. The fraction of sp³-hybridized carbons (Fsp3) is 1.00. The fourth-order valence-electron chi connectivity index (χ4n) is 0. The summed E-state index contributed by atoms with van der Waals surface area (Å²) in [7, 11) is 0. The summed E-state index contributed by atoms with van der Waals surface area (Å²) in [5, 5.41) is 0. The van der Waals surface area contributed by atoms with Crippen molar-refractivity contribution in [2.75, 3.05) is 0 Å². The van der Waals surface area contributed by atoms with Gasteiger partial charge in [-0.3, -0.25) is 0 Å². The van der Waals surface area contributed by atoms with Crippen LogP contribution in [0.2, 0.25) is 0 Å². The van der Waals surface area contributed by atoms with E-state index in [1.807, 2.05) is 20.8 Å². The Balaban J connectivity index is -0.000000125. The molecule has 0 aliphatic carbocycles. The Morgan fingerprint density at radius 1 is 1.12 bits per heavy atom. The van der Waals surface area contributed by atoms with Gasteiger partial charge in [0.25, 0.3) is 0 Å². The molecule has 48 valence electrons. The largest absolute Gasteiger partial charge is 0.870 e. The molecule has 0 aliphatic heterocycles. The molecule has 0 aromatic heterocycles. The molecule has 0 bridgehead atoms. The van der Waals surface area contributed by atoms with Gasteiger partial charge in [0.05, 0.1) is 0 Å². The maximum absolute atomic E-state index is 4.85. The van der Waals surface area contributed by atoms with Gasteiger partial charge in [-0.2, -0.15) is 0 Å². The molecule has 0 heterocycles. The molecule has 2 N–H and O–H groups in total. The average molecular weight is 134 g/mol. The standard InChI is InChI=1S/C4H9O.Al.2H2O/c1-4(2,3)5;;;/h1-3H3;;2*1H2/q-1;+3;;/p-2. The van der Waals surface area contributed by atoms with Gasteiger partial charge in [0.1, 0.15) is 0 Å². The summed E-state index contributed by atoms with van der Waals surface area (Å²) in [6, 6.07) is 0. The normalized spacial score (nSPS) is 9.12. The van der Waals surface area contributed by atoms with Crippen molar-refractivity contribution >= 4 is 16.6 Å². The molecule has 4 heteroatoms. The Morgan fingerprint density at radius 2 is 1.25 bits per heavy atom. The molecule has 0 unspecified atom stereocenters. The van der Waals surface area contributed by atoms with Crippen molar-refractivity contribution in [3.8, 4) is 0 Å². The zero-order valence-electron chi connectivity index (χ0n) is 5.38. The second-order valence-electron chi connectivity index (χ2n) is 2.23. The van der Waals surface area contributed by atoms with Crippen LogP contribution >= 0.6 is 0 Å². The van der Waals surface area contributed by atoms with Gasteiger partial charge in [-0.1, -0.05) is 0 Å².